The van der Waals surface area contributed by atoms with Gasteiger partial charge in [0.2, 0.25) is 5.78 Å². The van der Waals surface area contributed by atoms with Gasteiger partial charge in [-0.15, -0.1) is 0 Å². The Morgan fingerprint density at radius 2 is 1.73 bits per heavy atom. The first-order valence-electron chi connectivity index (χ1n) is 8.47. The van der Waals surface area contributed by atoms with Crippen molar-refractivity contribution < 1.29 is 9.53 Å². The van der Waals surface area contributed by atoms with Gasteiger partial charge in [0.05, 0.1) is 5.56 Å². The van der Waals surface area contributed by atoms with Crippen molar-refractivity contribution in [2.24, 2.45) is 0 Å². The highest BCUT2D eigenvalue weighted by molar-refractivity contribution is 6.01. The van der Waals surface area contributed by atoms with Gasteiger partial charge in [-0.25, -0.2) is 0 Å². The van der Waals surface area contributed by atoms with E-state index in [4.69, 9.17) is 4.74 Å². The number of carbonyl (C=O) groups excluding carboxylic acids is 1. The lowest BCUT2D eigenvalue weighted by Crippen LogP contribution is -2.24. The van der Waals surface area contributed by atoms with Gasteiger partial charge in [-0.1, -0.05) is 30.3 Å². The van der Waals surface area contributed by atoms with Crippen molar-refractivity contribution in [3.05, 3.63) is 83.2 Å². The average Bonchev–Trinajstić information content (AvgIpc) is 2.96. The standard InChI is InChI=1S/C22H20N2O2/c1-15-13-20(16(2)24(15)19-10-5-4-6-11-19)22(25)17(3)26-21-12-8-7-9-18(21)14-23/h4-13,17H,1-3H3/t17-/m1/s1. The van der Waals surface area contributed by atoms with Crippen molar-refractivity contribution in [1.82, 2.24) is 4.57 Å². The van der Waals surface area contributed by atoms with E-state index in [1.54, 1.807) is 31.2 Å². The van der Waals surface area contributed by atoms with Crippen LogP contribution in [0.1, 0.15) is 34.2 Å². The molecule has 26 heavy (non-hydrogen) atoms. The number of ether oxygens (including phenoxy) is 1. The molecule has 1 atom stereocenters. The highest BCUT2D eigenvalue weighted by atomic mass is 16.5. The van der Waals surface area contributed by atoms with E-state index in [2.05, 4.69) is 10.6 Å². The Kier molecular flexibility index (Phi) is 4.90. The molecule has 0 aliphatic carbocycles. The van der Waals surface area contributed by atoms with Gasteiger partial charge >= 0.3 is 0 Å². The molecule has 0 fully saturated rings. The second-order valence-electron chi connectivity index (χ2n) is 6.19. The molecule has 4 heteroatoms. The van der Waals surface area contributed by atoms with Crippen molar-refractivity contribution >= 4 is 5.78 Å². The monoisotopic (exact) mass is 344 g/mol. The molecular formula is C22H20N2O2. The van der Waals surface area contributed by atoms with Gasteiger partial charge in [0, 0.05) is 22.6 Å². The van der Waals surface area contributed by atoms with Gasteiger partial charge in [-0.05, 0) is 51.1 Å². The average molecular weight is 344 g/mol. The molecule has 3 rings (SSSR count). The molecule has 0 aliphatic rings. The molecule has 130 valence electrons. The predicted octanol–water partition coefficient (Wildman–Crippen LogP) is 4.62. The number of hydrogen-bond acceptors (Lipinski definition) is 3. The molecule has 2 aromatic carbocycles. The molecule has 0 N–H and O–H groups in total. The largest absolute Gasteiger partial charge is 0.481 e. The van der Waals surface area contributed by atoms with Crippen LogP contribution in [-0.2, 0) is 0 Å². The Labute approximate surface area is 153 Å². The maximum Gasteiger partial charge on any atom is 0.204 e. The van der Waals surface area contributed by atoms with Gasteiger partial charge in [-0.2, -0.15) is 5.26 Å². The maximum atomic E-state index is 12.9. The van der Waals surface area contributed by atoms with Crippen molar-refractivity contribution in [2.45, 2.75) is 26.9 Å². The lowest BCUT2D eigenvalue weighted by molar-refractivity contribution is 0.0817. The Morgan fingerprint density at radius 1 is 1.08 bits per heavy atom. The van der Waals surface area contributed by atoms with Crippen LogP contribution in [-0.4, -0.2) is 16.5 Å². The summed E-state index contributed by atoms with van der Waals surface area (Å²) in [5, 5.41) is 9.18. The van der Waals surface area contributed by atoms with E-state index in [0.717, 1.165) is 17.1 Å². The van der Waals surface area contributed by atoms with Crippen LogP contribution in [0.2, 0.25) is 0 Å². The number of carbonyl (C=O) groups is 1. The summed E-state index contributed by atoms with van der Waals surface area (Å²) in [6.45, 7) is 5.63. The van der Waals surface area contributed by atoms with Crippen LogP contribution >= 0.6 is 0 Å². The molecule has 0 saturated carbocycles. The second kappa shape index (κ2) is 7.28. The number of nitriles is 1. The molecular weight excluding hydrogens is 324 g/mol. The number of Topliss-reactive ketones (excluding diaryl/α,β-unsaturated/α-hetero) is 1. The molecule has 3 aromatic rings. The zero-order valence-electron chi connectivity index (χ0n) is 15.1. The minimum atomic E-state index is -0.686. The summed E-state index contributed by atoms with van der Waals surface area (Å²) in [7, 11) is 0. The molecule has 4 nitrogen and oxygen atoms in total. The fourth-order valence-corrected chi connectivity index (χ4v) is 3.11. The highest BCUT2D eigenvalue weighted by Gasteiger charge is 2.23. The summed E-state index contributed by atoms with van der Waals surface area (Å²) in [6.07, 6.45) is -0.686. The SMILES string of the molecule is Cc1cc(C(=O)[C@@H](C)Oc2ccccc2C#N)c(C)n1-c1ccccc1. The van der Waals surface area contributed by atoms with Crippen LogP contribution in [0, 0.1) is 25.2 Å². The van der Waals surface area contributed by atoms with E-state index < -0.39 is 6.10 Å². The van der Waals surface area contributed by atoms with Crippen molar-refractivity contribution in [2.75, 3.05) is 0 Å². The summed E-state index contributed by atoms with van der Waals surface area (Å²) in [5.41, 5.74) is 3.93. The Morgan fingerprint density at radius 3 is 2.42 bits per heavy atom. The van der Waals surface area contributed by atoms with E-state index in [1.165, 1.54) is 0 Å². The maximum absolute atomic E-state index is 12.9. The number of ketones is 1. The molecule has 0 aliphatic heterocycles. The topological polar surface area (TPSA) is 55.0 Å². The van der Waals surface area contributed by atoms with Crippen LogP contribution in [0.4, 0.5) is 0 Å². The minimum absolute atomic E-state index is 0.104. The third-order valence-electron chi connectivity index (χ3n) is 4.39. The number of aromatic nitrogens is 1. The Bertz CT molecular complexity index is 981. The third kappa shape index (κ3) is 3.25. The fraction of sp³-hybridized carbons (Fsp3) is 0.182. The number of aryl methyl sites for hydroxylation is 1. The van der Waals surface area contributed by atoms with Crippen molar-refractivity contribution in [3.63, 3.8) is 0 Å². The summed E-state index contributed by atoms with van der Waals surface area (Å²) in [4.78, 5) is 12.9. The molecule has 0 amide bonds. The van der Waals surface area contributed by atoms with Crippen LogP contribution in [0.3, 0.4) is 0 Å². The lowest BCUT2D eigenvalue weighted by atomic mass is 10.1. The first kappa shape index (κ1) is 17.5. The number of rotatable bonds is 5. The zero-order chi connectivity index (χ0) is 18.7. The van der Waals surface area contributed by atoms with Gasteiger partial charge in [0.1, 0.15) is 11.8 Å². The number of nitrogens with zero attached hydrogens (tertiary/aromatic N) is 2. The predicted molar refractivity (Wildman–Crippen MR) is 101 cm³/mol. The Hall–Kier alpha value is -3.32. The van der Waals surface area contributed by atoms with Crippen LogP contribution < -0.4 is 4.74 Å². The van der Waals surface area contributed by atoms with Gasteiger partial charge in [0.25, 0.3) is 0 Å². The fourth-order valence-electron chi connectivity index (χ4n) is 3.11. The molecule has 1 heterocycles. The Balaban J connectivity index is 1.90. The lowest BCUT2D eigenvalue weighted by Gasteiger charge is -2.15. The summed E-state index contributed by atoms with van der Waals surface area (Å²) < 4.78 is 7.84. The summed E-state index contributed by atoms with van der Waals surface area (Å²) in [6, 6.07) is 20.8. The number of benzene rings is 2. The highest BCUT2D eigenvalue weighted by Crippen LogP contribution is 2.24. The van der Waals surface area contributed by atoms with Crippen LogP contribution in [0.5, 0.6) is 5.75 Å². The normalized spacial score (nSPS) is 11.6. The van der Waals surface area contributed by atoms with E-state index >= 15 is 0 Å². The van der Waals surface area contributed by atoms with Crippen LogP contribution in [0.25, 0.3) is 5.69 Å². The summed E-state index contributed by atoms with van der Waals surface area (Å²) >= 11 is 0. The molecule has 0 bridgehead atoms. The molecule has 0 radical (unpaired) electrons. The van der Waals surface area contributed by atoms with E-state index in [0.29, 0.717) is 16.9 Å². The second-order valence-corrected chi connectivity index (χ2v) is 6.19. The first-order chi connectivity index (χ1) is 12.5. The molecule has 1 aromatic heterocycles. The minimum Gasteiger partial charge on any atom is -0.481 e. The molecule has 0 unspecified atom stereocenters. The van der Waals surface area contributed by atoms with E-state index in [-0.39, 0.29) is 5.78 Å². The molecule has 0 saturated heterocycles. The third-order valence-corrected chi connectivity index (χ3v) is 4.39. The number of para-hydroxylation sites is 2. The van der Waals surface area contributed by atoms with Gasteiger partial charge in [-0.3, -0.25) is 4.79 Å². The quantitative estimate of drug-likeness (QED) is 0.635. The van der Waals surface area contributed by atoms with Gasteiger partial charge in [0.15, 0.2) is 6.10 Å². The molecule has 0 spiro atoms. The smallest absolute Gasteiger partial charge is 0.204 e. The summed E-state index contributed by atoms with van der Waals surface area (Å²) in [5.74, 6) is 0.320. The zero-order valence-corrected chi connectivity index (χ0v) is 15.1. The van der Waals surface area contributed by atoms with Crippen molar-refractivity contribution in [1.29, 1.82) is 5.26 Å². The van der Waals surface area contributed by atoms with Crippen LogP contribution in [0.15, 0.2) is 60.7 Å². The van der Waals surface area contributed by atoms with E-state index in [9.17, 15) is 10.1 Å². The van der Waals surface area contributed by atoms with Gasteiger partial charge < -0.3 is 9.30 Å². The number of hydrogen-bond donors (Lipinski definition) is 0. The van der Waals surface area contributed by atoms with E-state index in [1.807, 2.05) is 50.2 Å². The first-order valence-corrected chi connectivity index (χ1v) is 8.47. The van der Waals surface area contributed by atoms with Crippen molar-refractivity contribution in [3.8, 4) is 17.5 Å².